The number of esters is 2. The van der Waals surface area contributed by atoms with Crippen LogP contribution in [0.15, 0.2) is 34.2 Å². The fourth-order valence-corrected chi connectivity index (χ4v) is 4.11. The number of carbonyl (C=O) groups excluding carboxylic acids is 2. The molecule has 1 aromatic carbocycles. The van der Waals surface area contributed by atoms with Crippen molar-refractivity contribution in [2.24, 2.45) is 0 Å². The molecule has 0 radical (unpaired) electrons. The number of aromatic nitrogens is 4. The second kappa shape index (κ2) is 5.59. The molecule has 3 heterocycles. The van der Waals surface area contributed by atoms with Gasteiger partial charge in [0, 0.05) is 5.39 Å². The lowest BCUT2D eigenvalue weighted by atomic mass is 10.1. The number of benzene rings is 1. The van der Waals surface area contributed by atoms with E-state index in [1.807, 2.05) is 0 Å². The maximum atomic E-state index is 13.1. The van der Waals surface area contributed by atoms with Gasteiger partial charge in [0.1, 0.15) is 5.25 Å². The van der Waals surface area contributed by atoms with Crippen LogP contribution in [0.4, 0.5) is 0 Å². The quantitative estimate of drug-likeness (QED) is 0.605. The number of nitrogens with zero attached hydrogens (tertiary/aromatic N) is 4. The highest BCUT2D eigenvalue weighted by atomic mass is 32.2. The Balaban J connectivity index is 2.13. The molecule has 4 rings (SSSR count). The Morgan fingerprint density at radius 3 is 2.44 bits per heavy atom. The summed E-state index contributed by atoms with van der Waals surface area (Å²) in [5.41, 5.74) is -0.0105. The van der Waals surface area contributed by atoms with Gasteiger partial charge in [-0.1, -0.05) is 30.0 Å². The molecule has 0 bridgehead atoms. The van der Waals surface area contributed by atoms with E-state index in [4.69, 9.17) is 9.47 Å². The average molecular weight is 360 g/mol. The Kier molecular flexibility index (Phi) is 3.49. The van der Waals surface area contributed by atoms with Crippen molar-refractivity contribution < 1.29 is 19.1 Å². The fraction of sp³-hybridized carbons (Fsp3) is 0.267. The molecule has 1 aliphatic rings. The smallest absolute Gasteiger partial charge is 0.332 e. The summed E-state index contributed by atoms with van der Waals surface area (Å²) in [4.78, 5) is 37.7. The SMILES string of the molecule is COC(=O)[C@@H]1Sc2nnc3c4ccccc4c(=O)n(n23)[C@H]1C(=O)OC. The Morgan fingerprint density at radius 2 is 1.76 bits per heavy atom. The summed E-state index contributed by atoms with van der Waals surface area (Å²) >= 11 is 1.01. The van der Waals surface area contributed by atoms with E-state index in [1.54, 1.807) is 24.3 Å². The summed E-state index contributed by atoms with van der Waals surface area (Å²) in [7, 11) is 2.42. The summed E-state index contributed by atoms with van der Waals surface area (Å²) < 4.78 is 12.3. The first kappa shape index (κ1) is 15.6. The number of hydrogen-bond donors (Lipinski definition) is 0. The predicted octanol–water partition coefficient (Wildman–Crippen LogP) is 0.406. The highest BCUT2D eigenvalue weighted by Crippen LogP contribution is 2.36. The fourth-order valence-electron chi connectivity index (χ4n) is 2.97. The van der Waals surface area contributed by atoms with Crippen LogP contribution in [0.2, 0.25) is 0 Å². The minimum atomic E-state index is -1.19. The van der Waals surface area contributed by atoms with Crippen LogP contribution in [0, 0.1) is 0 Å². The van der Waals surface area contributed by atoms with Gasteiger partial charge < -0.3 is 9.47 Å². The van der Waals surface area contributed by atoms with Crippen LogP contribution < -0.4 is 5.56 Å². The van der Waals surface area contributed by atoms with Gasteiger partial charge in [0.25, 0.3) is 5.56 Å². The molecule has 0 unspecified atom stereocenters. The van der Waals surface area contributed by atoms with Crippen LogP contribution in [-0.2, 0) is 19.1 Å². The molecular weight excluding hydrogens is 348 g/mol. The molecule has 128 valence electrons. The van der Waals surface area contributed by atoms with Crippen molar-refractivity contribution in [3.05, 3.63) is 34.6 Å². The number of methoxy groups -OCH3 is 2. The Hall–Kier alpha value is -2.88. The largest absolute Gasteiger partial charge is 0.468 e. The van der Waals surface area contributed by atoms with Crippen molar-refractivity contribution in [1.82, 2.24) is 19.4 Å². The van der Waals surface area contributed by atoms with Crippen LogP contribution in [-0.4, -0.2) is 50.8 Å². The van der Waals surface area contributed by atoms with E-state index in [0.717, 1.165) is 11.8 Å². The first-order chi connectivity index (χ1) is 12.1. The Labute approximate surface area is 144 Å². The van der Waals surface area contributed by atoms with E-state index in [9.17, 15) is 14.4 Å². The molecule has 2 atom stereocenters. The standard InChI is InChI=1S/C15H12N4O5S/c1-23-13(21)9-10(14(22)24-2)25-15-17-16-11-7-5-3-4-6-8(7)12(20)18(9)19(11)15/h3-6,9-10H,1-2H3/t9-,10-/m1/s1. The molecule has 0 aliphatic carbocycles. The molecule has 1 aliphatic heterocycles. The molecule has 0 amide bonds. The minimum Gasteiger partial charge on any atom is -0.468 e. The molecule has 2 aromatic heterocycles. The zero-order valence-corrected chi connectivity index (χ0v) is 14.0. The number of fused-ring (bicyclic) bond motifs is 2. The molecule has 0 N–H and O–H groups in total. The topological polar surface area (TPSA) is 105 Å². The number of carbonyl (C=O) groups is 2. The second-order valence-corrected chi connectivity index (χ2v) is 6.45. The number of rotatable bonds is 2. The first-order valence-corrected chi connectivity index (χ1v) is 8.17. The summed E-state index contributed by atoms with van der Waals surface area (Å²) in [6, 6.07) is 5.71. The maximum absolute atomic E-state index is 13.1. The van der Waals surface area contributed by atoms with E-state index >= 15 is 0 Å². The van der Waals surface area contributed by atoms with Crippen molar-refractivity contribution >= 4 is 40.1 Å². The van der Waals surface area contributed by atoms with Crippen LogP contribution in [0.5, 0.6) is 0 Å². The predicted molar refractivity (Wildman–Crippen MR) is 87.5 cm³/mol. The molecule has 9 nitrogen and oxygen atoms in total. The lowest BCUT2D eigenvalue weighted by Crippen LogP contribution is -2.46. The van der Waals surface area contributed by atoms with Crippen molar-refractivity contribution in [3.8, 4) is 0 Å². The van der Waals surface area contributed by atoms with E-state index in [-0.39, 0.29) is 0 Å². The van der Waals surface area contributed by atoms with Crippen LogP contribution in [0.25, 0.3) is 16.4 Å². The van der Waals surface area contributed by atoms with Gasteiger partial charge in [-0.05, 0) is 6.07 Å². The van der Waals surface area contributed by atoms with E-state index in [0.29, 0.717) is 21.6 Å². The Morgan fingerprint density at radius 1 is 1.08 bits per heavy atom. The molecule has 3 aromatic rings. The molecular formula is C15H12N4O5S. The van der Waals surface area contributed by atoms with Crippen molar-refractivity contribution in [3.63, 3.8) is 0 Å². The third kappa shape index (κ3) is 2.07. The maximum Gasteiger partial charge on any atom is 0.332 e. The zero-order valence-electron chi connectivity index (χ0n) is 13.2. The number of hydrogen-bond acceptors (Lipinski definition) is 8. The van der Waals surface area contributed by atoms with Crippen LogP contribution >= 0.6 is 11.8 Å². The van der Waals surface area contributed by atoms with Gasteiger partial charge in [-0.3, -0.25) is 9.59 Å². The van der Waals surface area contributed by atoms with Gasteiger partial charge in [-0.2, -0.15) is 0 Å². The molecule has 0 spiro atoms. The highest BCUT2D eigenvalue weighted by Gasteiger charge is 2.44. The summed E-state index contributed by atoms with van der Waals surface area (Å²) in [6.07, 6.45) is 0. The van der Waals surface area contributed by atoms with Crippen LogP contribution in [0.1, 0.15) is 6.04 Å². The number of thioether (sulfide) groups is 1. The molecule has 0 saturated heterocycles. The zero-order chi connectivity index (χ0) is 17.7. The van der Waals surface area contributed by atoms with E-state index < -0.39 is 28.8 Å². The van der Waals surface area contributed by atoms with Crippen molar-refractivity contribution in [1.29, 1.82) is 0 Å². The molecule has 0 fully saturated rings. The van der Waals surface area contributed by atoms with Gasteiger partial charge in [0.2, 0.25) is 5.16 Å². The van der Waals surface area contributed by atoms with Gasteiger partial charge in [-0.25, -0.2) is 14.0 Å². The molecule has 10 heteroatoms. The lowest BCUT2D eigenvalue weighted by molar-refractivity contribution is -0.151. The van der Waals surface area contributed by atoms with Gasteiger partial charge in [0.15, 0.2) is 11.7 Å². The van der Waals surface area contributed by atoms with Gasteiger partial charge in [0.05, 0.1) is 19.6 Å². The van der Waals surface area contributed by atoms with Gasteiger partial charge >= 0.3 is 11.9 Å². The van der Waals surface area contributed by atoms with Crippen LogP contribution in [0.3, 0.4) is 0 Å². The minimum absolute atomic E-state index is 0.327. The lowest BCUT2D eigenvalue weighted by Gasteiger charge is -2.29. The number of ether oxygens (including phenoxy) is 2. The van der Waals surface area contributed by atoms with Crippen molar-refractivity contribution in [2.45, 2.75) is 16.4 Å². The van der Waals surface area contributed by atoms with E-state index in [1.165, 1.54) is 23.4 Å². The average Bonchev–Trinajstić information content (AvgIpc) is 3.08. The molecule has 25 heavy (non-hydrogen) atoms. The third-order valence-corrected chi connectivity index (χ3v) is 5.26. The summed E-state index contributed by atoms with van der Waals surface area (Å²) in [5, 5.41) is 8.50. The monoisotopic (exact) mass is 360 g/mol. The van der Waals surface area contributed by atoms with E-state index in [2.05, 4.69) is 10.2 Å². The Bertz CT molecular complexity index is 1090. The molecule has 0 saturated carbocycles. The second-order valence-electron chi connectivity index (χ2n) is 5.34. The summed E-state index contributed by atoms with van der Waals surface area (Å²) in [5.74, 6) is -1.37. The summed E-state index contributed by atoms with van der Waals surface area (Å²) in [6.45, 7) is 0. The van der Waals surface area contributed by atoms with Crippen molar-refractivity contribution in [2.75, 3.05) is 14.2 Å². The highest BCUT2D eigenvalue weighted by molar-refractivity contribution is 8.00. The van der Waals surface area contributed by atoms with Gasteiger partial charge in [-0.15, -0.1) is 10.2 Å². The normalized spacial score (nSPS) is 19.1. The first-order valence-electron chi connectivity index (χ1n) is 7.29. The third-order valence-electron chi connectivity index (χ3n) is 4.09.